The Bertz CT molecular complexity index is 896. The molecular formula is C17H21N3O4S. The summed E-state index contributed by atoms with van der Waals surface area (Å²) in [5, 5.41) is 7.19. The molecule has 8 heteroatoms. The number of carbonyl (C=O) groups is 1. The minimum Gasteiger partial charge on any atom is -0.484 e. The number of nitrogens with one attached hydrogen (secondary N) is 1. The molecule has 1 N–H and O–H groups in total. The van der Waals surface area contributed by atoms with Crippen LogP contribution in [-0.2, 0) is 31.7 Å². The highest BCUT2D eigenvalue weighted by molar-refractivity contribution is 7.90. The summed E-state index contributed by atoms with van der Waals surface area (Å²) in [5.41, 5.74) is 0.689. The number of aromatic nitrogens is 2. The molecule has 3 rings (SSSR count). The molecule has 0 radical (unpaired) electrons. The number of nitrogens with zero attached hydrogens (tertiary/aromatic N) is 2. The van der Waals surface area contributed by atoms with Crippen molar-refractivity contribution in [2.24, 2.45) is 0 Å². The van der Waals surface area contributed by atoms with Crippen LogP contribution >= 0.6 is 0 Å². The topological polar surface area (TPSA) is 90.3 Å². The maximum Gasteiger partial charge on any atom is 0.263 e. The van der Waals surface area contributed by atoms with E-state index in [9.17, 15) is 13.2 Å². The van der Waals surface area contributed by atoms with E-state index in [1.807, 2.05) is 39.0 Å². The molecule has 0 fully saturated rings. The second-order valence-electron chi connectivity index (χ2n) is 7.04. The first-order valence-corrected chi connectivity index (χ1v) is 9.77. The van der Waals surface area contributed by atoms with Crippen LogP contribution in [0.3, 0.4) is 0 Å². The van der Waals surface area contributed by atoms with E-state index < -0.39 is 15.4 Å². The van der Waals surface area contributed by atoms with Crippen LogP contribution in [0, 0.1) is 0 Å². The molecule has 1 aliphatic rings. The molecule has 1 aliphatic heterocycles. The molecule has 0 aliphatic carbocycles. The van der Waals surface area contributed by atoms with Crippen LogP contribution in [-0.4, -0.2) is 30.7 Å². The Labute approximate surface area is 146 Å². The zero-order chi connectivity index (χ0) is 18.2. The fraction of sp³-hybridized carbons (Fsp3) is 0.412. The maximum absolute atomic E-state index is 12.3. The third kappa shape index (κ3) is 3.84. The van der Waals surface area contributed by atoms with Crippen LogP contribution in [0.2, 0.25) is 0 Å². The van der Waals surface area contributed by atoms with Crippen LogP contribution in [0.25, 0.3) is 0 Å². The number of rotatable bonds is 4. The molecule has 2 aromatic rings. The first-order chi connectivity index (χ1) is 11.7. The Morgan fingerprint density at radius 1 is 1.24 bits per heavy atom. The summed E-state index contributed by atoms with van der Waals surface area (Å²) in [5.74, 6) is 0.476. The van der Waals surface area contributed by atoms with E-state index in [1.165, 1.54) is 0 Å². The standard InChI is InChI=1S/C17H21N3O4S/c1-17(2,3)20-16(13-10-25(22,23)11-14(13)19-20)18-15(21)9-24-12-7-5-4-6-8-12/h4-8H,9-11H2,1-3H3,(H,18,21). The lowest BCUT2D eigenvalue weighted by Crippen LogP contribution is -2.29. The Hall–Kier alpha value is -2.35. The molecule has 0 saturated carbocycles. The van der Waals surface area contributed by atoms with Crippen molar-refractivity contribution in [2.75, 3.05) is 11.9 Å². The van der Waals surface area contributed by atoms with E-state index in [0.717, 1.165) is 0 Å². The highest BCUT2D eigenvalue weighted by atomic mass is 32.2. The third-order valence-electron chi connectivity index (χ3n) is 3.79. The summed E-state index contributed by atoms with van der Waals surface area (Å²) in [4.78, 5) is 12.3. The van der Waals surface area contributed by atoms with Crippen molar-refractivity contribution in [2.45, 2.75) is 37.8 Å². The van der Waals surface area contributed by atoms with Gasteiger partial charge in [-0.2, -0.15) is 5.10 Å². The number of anilines is 1. The van der Waals surface area contributed by atoms with E-state index in [-0.39, 0.29) is 24.0 Å². The minimum absolute atomic E-state index is 0.0885. The van der Waals surface area contributed by atoms with Crippen molar-refractivity contribution < 1.29 is 17.9 Å². The predicted octanol–water partition coefficient (Wildman–Crippen LogP) is 2.08. The fourth-order valence-electron chi connectivity index (χ4n) is 2.69. The summed E-state index contributed by atoms with van der Waals surface area (Å²) < 4.78 is 30.9. The quantitative estimate of drug-likeness (QED) is 0.898. The lowest BCUT2D eigenvalue weighted by atomic mass is 10.1. The maximum atomic E-state index is 12.3. The number of fused-ring (bicyclic) bond motifs is 1. The molecule has 0 saturated heterocycles. The summed E-state index contributed by atoms with van der Waals surface area (Å²) in [6.45, 7) is 5.67. The van der Waals surface area contributed by atoms with E-state index in [0.29, 0.717) is 22.8 Å². The number of amides is 1. The summed E-state index contributed by atoms with van der Waals surface area (Å²) in [6.07, 6.45) is 0. The first-order valence-electron chi connectivity index (χ1n) is 7.95. The van der Waals surface area contributed by atoms with Gasteiger partial charge in [-0.3, -0.25) is 4.79 Å². The van der Waals surface area contributed by atoms with Crippen molar-refractivity contribution in [3.63, 3.8) is 0 Å². The van der Waals surface area contributed by atoms with Gasteiger partial charge in [0.25, 0.3) is 5.91 Å². The van der Waals surface area contributed by atoms with Crippen molar-refractivity contribution in [1.29, 1.82) is 0 Å². The van der Waals surface area contributed by atoms with Crippen molar-refractivity contribution >= 4 is 21.6 Å². The first kappa shape index (κ1) is 17.5. The van der Waals surface area contributed by atoms with Crippen LogP contribution in [0.15, 0.2) is 30.3 Å². The van der Waals surface area contributed by atoms with Crippen LogP contribution in [0.5, 0.6) is 5.75 Å². The van der Waals surface area contributed by atoms with Gasteiger partial charge >= 0.3 is 0 Å². The molecular weight excluding hydrogens is 342 g/mol. The molecule has 0 spiro atoms. The highest BCUT2D eigenvalue weighted by Crippen LogP contribution is 2.34. The monoisotopic (exact) mass is 363 g/mol. The minimum atomic E-state index is -3.20. The number of ether oxygens (including phenoxy) is 1. The summed E-state index contributed by atoms with van der Waals surface area (Å²) in [6, 6.07) is 9.02. The van der Waals surface area contributed by atoms with Crippen LogP contribution in [0.4, 0.5) is 5.82 Å². The van der Waals surface area contributed by atoms with E-state index in [1.54, 1.807) is 16.8 Å². The van der Waals surface area contributed by atoms with Crippen molar-refractivity contribution in [1.82, 2.24) is 9.78 Å². The van der Waals surface area contributed by atoms with Gasteiger partial charge in [0.1, 0.15) is 11.6 Å². The summed E-state index contributed by atoms with van der Waals surface area (Å²) in [7, 11) is -3.20. The van der Waals surface area contributed by atoms with Gasteiger partial charge in [-0.15, -0.1) is 0 Å². The van der Waals surface area contributed by atoms with Crippen LogP contribution < -0.4 is 10.1 Å². The molecule has 1 amide bonds. The van der Waals surface area contributed by atoms with Gasteiger partial charge in [-0.05, 0) is 32.9 Å². The number of carbonyl (C=O) groups excluding carboxylic acids is 1. The number of para-hydroxylation sites is 1. The molecule has 0 bridgehead atoms. The second kappa shape index (κ2) is 6.18. The Morgan fingerprint density at radius 3 is 2.56 bits per heavy atom. The molecule has 25 heavy (non-hydrogen) atoms. The fourth-order valence-corrected chi connectivity index (χ4v) is 4.18. The lowest BCUT2D eigenvalue weighted by molar-refractivity contribution is -0.118. The smallest absolute Gasteiger partial charge is 0.263 e. The molecule has 0 atom stereocenters. The molecule has 2 heterocycles. The van der Waals surface area contributed by atoms with Crippen molar-refractivity contribution in [3.05, 3.63) is 41.6 Å². The molecule has 7 nitrogen and oxygen atoms in total. The van der Waals surface area contributed by atoms with Gasteiger partial charge < -0.3 is 10.1 Å². The van der Waals surface area contributed by atoms with E-state index >= 15 is 0 Å². The Balaban J connectivity index is 1.80. The van der Waals surface area contributed by atoms with Gasteiger partial charge in [0, 0.05) is 5.56 Å². The molecule has 1 aromatic heterocycles. The molecule has 134 valence electrons. The Morgan fingerprint density at radius 2 is 1.92 bits per heavy atom. The second-order valence-corrected chi connectivity index (χ2v) is 9.10. The average Bonchev–Trinajstić information content (AvgIpc) is 2.99. The van der Waals surface area contributed by atoms with Crippen LogP contribution in [0.1, 0.15) is 32.0 Å². The number of sulfone groups is 1. The van der Waals surface area contributed by atoms with Gasteiger partial charge in [-0.25, -0.2) is 13.1 Å². The lowest BCUT2D eigenvalue weighted by Gasteiger charge is -2.23. The zero-order valence-electron chi connectivity index (χ0n) is 14.4. The Kier molecular flexibility index (Phi) is 4.32. The van der Waals surface area contributed by atoms with Gasteiger partial charge in [0.15, 0.2) is 16.4 Å². The molecule has 1 aromatic carbocycles. The largest absolute Gasteiger partial charge is 0.484 e. The predicted molar refractivity (Wildman–Crippen MR) is 94.1 cm³/mol. The normalized spacial score (nSPS) is 15.6. The third-order valence-corrected chi connectivity index (χ3v) is 5.24. The number of hydrogen-bond acceptors (Lipinski definition) is 5. The SMILES string of the molecule is CC(C)(C)n1nc2c(c1NC(=O)COc1ccccc1)CS(=O)(=O)C2. The van der Waals surface area contributed by atoms with E-state index in [4.69, 9.17) is 4.74 Å². The van der Waals surface area contributed by atoms with Gasteiger partial charge in [0.2, 0.25) is 0 Å². The number of benzene rings is 1. The number of hydrogen-bond donors (Lipinski definition) is 1. The molecule has 0 unspecified atom stereocenters. The zero-order valence-corrected chi connectivity index (χ0v) is 15.3. The van der Waals surface area contributed by atoms with Crippen molar-refractivity contribution in [3.8, 4) is 5.75 Å². The van der Waals surface area contributed by atoms with Gasteiger partial charge in [0.05, 0.1) is 22.7 Å². The van der Waals surface area contributed by atoms with Gasteiger partial charge in [-0.1, -0.05) is 18.2 Å². The highest BCUT2D eigenvalue weighted by Gasteiger charge is 2.35. The van der Waals surface area contributed by atoms with E-state index in [2.05, 4.69) is 10.4 Å². The average molecular weight is 363 g/mol. The summed E-state index contributed by atoms with van der Waals surface area (Å²) >= 11 is 0.